The van der Waals surface area contributed by atoms with Gasteiger partial charge in [-0.3, -0.25) is 4.98 Å². The van der Waals surface area contributed by atoms with Crippen LogP contribution in [0.5, 0.6) is 0 Å². The van der Waals surface area contributed by atoms with Gasteiger partial charge in [-0.15, -0.1) is 0 Å². The molecule has 6 heteroatoms. The lowest BCUT2D eigenvalue weighted by atomic mass is 10.0. The molecule has 4 rings (SSSR count). The van der Waals surface area contributed by atoms with E-state index in [1.807, 2.05) is 24.3 Å². The van der Waals surface area contributed by atoms with E-state index in [2.05, 4.69) is 14.9 Å². The highest BCUT2D eigenvalue weighted by atomic mass is 16.4. The van der Waals surface area contributed by atoms with Crippen molar-refractivity contribution in [2.24, 2.45) is 0 Å². The molecule has 4 heterocycles. The highest BCUT2D eigenvalue weighted by Crippen LogP contribution is 2.30. The van der Waals surface area contributed by atoms with Crippen LogP contribution in [0.4, 0.5) is 5.82 Å². The highest BCUT2D eigenvalue weighted by Gasteiger charge is 2.26. The van der Waals surface area contributed by atoms with Crippen LogP contribution in [0.15, 0.2) is 47.3 Å². The molecule has 0 saturated carbocycles. The van der Waals surface area contributed by atoms with E-state index in [1.54, 1.807) is 18.7 Å². The molecule has 130 valence electrons. The fourth-order valence-corrected chi connectivity index (χ4v) is 3.58. The van der Waals surface area contributed by atoms with Gasteiger partial charge < -0.3 is 14.4 Å². The van der Waals surface area contributed by atoms with Gasteiger partial charge in [0.05, 0.1) is 6.26 Å². The summed E-state index contributed by atoms with van der Waals surface area (Å²) in [4.78, 5) is 15.6. The number of hydrogen-bond acceptors (Lipinski definition) is 6. The number of furan rings is 1. The van der Waals surface area contributed by atoms with Crippen molar-refractivity contribution in [3.05, 3.63) is 48.7 Å². The molecule has 1 aliphatic heterocycles. The van der Waals surface area contributed by atoms with Crippen LogP contribution in [-0.4, -0.2) is 32.6 Å². The predicted molar refractivity (Wildman–Crippen MR) is 95.2 cm³/mol. The van der Waals surface area contributed by atoms with E-state index in [0.717, 1.165) is 30.7 Å². The second kappa shape index (κ2) is 7.19. The Balaban J connectivity index is 1.61. The van der Waals surface area contributed by atoms with Gasteiger partial charge in [0.15, 0.2) is 5.65 Å². The van der Waals surface area contributed by atoms with Crippen LogP contribution >= 0.6 is 0 Å². The fourth-order valence-electron chi connectivity index (χ4n) is 3.58. The van der Waals surface area contributed by atoms with Crippen molar-refractivity contribution in [1.29, 1.82) is 0 Å². The third-order valence-corrected chi connectivity index (χ3v) is 4.86. The average molecular weight is 338 g/mol. The molecule has 0 radical (unpaired) electrons. The Hall–Kier alpha value is -2.47. The number of hydrogen-bond donors (Lipinski definition) is 1. The summed E-state index contributed by atoms with van der Waals surface area (Å²) in [5.41, 5.74) is 1.46. The molecule has 0 amide bonds. The third-order valence-electron chi connectivity index (χ3n) is 4.86. The maximum atomic E-state index is 10.5. The molecule has 2 atom stereocenters. The van der Waals surface area contributed by atoms with E-state index in [-0.39, 0.29) is 6.04 Å². The van der Waals surface area contributed by atoms with E-state index in [4.69, 9.17) is 9.40 Å². The molecular formula is C19H22N4O2. The maximum Gasteiger partial charge on any atom is 0.180 e. The molecule has 6 nitrogen and oxygen atoms in total. The first kappa shape index (κ1) is 16.0. The fraction of sp³-hybridized carbons (Fsp3) is 0.421. The Bertz CT molecular complexity index is 821. The van der Waals surface area contributed by atoms with Gasteiger partial charge in [-0.2, -0.15) is 0 Å². The first-order chi connectivity index (χ1) is 12.3. The number of aliphatic hydroxyl groups is 1. The number of fused-ring (bicyclic) bond motifs is 1. The molecular weight excluding hydrogens is 316 g/mol. The number of aliphatic hydroxyl groups excluding tert-OH is 1. The first-order valence-corrected chi connectivity index (χ1v) is 8.87. The zero-order chi connectivity index (χ0) is 17.1. The Kier molecular flexibility index (Phi) is 4.61. The van der Waals surface area contributed by atoms with Gasteiger partial charge in [-0.25, -0.2) is 9.97 Å². The van der Waals surface area contributed by atoms with Gasteiger partial charge in [-0.1, -0.05) is 12.8 Å². The Morgan fingerprint density at radius 3 is 2.96 bits per heavy atom. The lowest BCUT2D eigenvalue weighted by molar-refractivity contribution is 0.129. The molecule has 0 bridgehead atoms. The molecule has 3 aromatic rings. The van der Waals surface area contributed by atoms with E-state index >= 15 is 0 Å². The lowest BCUT2D eigenvalue weighted by Gasteiger charge is -2.32. The van der Waals surface area contributed by atoms with Crippen molar-refractivity contribution < 1.29 is 9.52 Å². The third kappa shape index (κ3) is 3.49. The van der Waals surface area contributed by atoms with Crippen molar-refractivity contribution >= 4 is 17.0 Å². The largest absolute Gasteiger partial charge is 0.467 e. The van der Waals surface area contributed by atoms with Gasteiger partial charge >= 0.3 is 0 Å². The average Bonchev–Trinajstić information content (AvgIpc) is 3.09. The number of aromatic nitrogens is 3. The van der Waals surface area contributed by atoms with Crippen LogP contribution in [0.1, 0.15) is 44.0 Å². The Labute approximate surface area is 146 Å². The van der Waals surface area contributed by atoms with Gasteiger partial charge in [0.25, 0.3) is 0 Å². The van der Waals surface area contributed by atoms with Gasteiger partial charge in [0, 0.05) is 31.4 Å². The number of anilines is 1. The monoisotopic (exact) mass is 338 g/mol. The summed E-state index contributed by atoms with van der Waals surface area (Å²) >= 11 is 0. The van der Waals surface area contributed by atoms with Gasteiger partial charge in [0.2, 0.25) is 0 Å². The Morgan fingerprint density at radius 1 is 1.16 bits per heavy atom. The summed E-state index contributed by atoms with van der Waals surface area (Å²) in [7, 11) is 0. The van der Waals surface area contributed by atoms with Crippen LogP contribution in [0, 0.1) is 0 Å². The van der Waals surface area contributed by atoms with Crippen LogP contribution in [0.3, 0.4) is 0 Å². The molecule has 2 unspecified atom stereocenters. The predicted octanol–water partition coefficient (Wildman–Crippen LogP) is 3.49. The van der Waals surface area contributed by atoms with Crippen LogP contribution in [0.25, 0.3) is 11.2 Å². The molecule has 1 aliphatic rings. The first-order valence-electron chi connectivity index (χ1n) is 8.87. The summed E-state index contributed by atoms with van der Waals surface area (Å²) in [6.45, 7) is 0.939. The van der Waals surface area contributed by atoms with Crippen molar-refractivity contribution in [3.63, 3.8) is 0 Å². The number of rotatable bonds is 4. The summed E-state index contributed by atoms with van der Waals surface area (Å²) in [5.74, 6) is 1.54. The minimum absolute atomic E-state index is 0.226. The topological polar surface area (TPSA) is 75.3 Å². The number of pyridine rings is 1. The lowest BCUT2D eigenvalue weighted by Crippen LogP contribution is -2.36. The molecule has 0 aromatic carbocycles. The smallest absolute Gasteiger partial charge is 0.180 e. The summed E-state index contributed by atoms with van der Waals surface area (Å²) in [6.07, 6.45) is 9.53. The molecule has 0 spiro atoms. The summed E-state index contributed by atoms with van der Waals surface area (Å²) in [6, 6.07) is 7.84. The van der Waals surface area contributed by atoms with Crippen molar-refractivity contribution in [3.8, 4) is 0 Å². The van der Waals surface area contributed by atoms with E-state index in [1.165, 1.54) is 12.8 Å². The van der Waals surface area contributed by atoms with Gasteiger partial charge in [0.1, 0.15) is 23.2 Å². The van der Waals surface area contributed by atoms with E-state index < -0.39 is 6.10 Å². The molecule has 3 aromatic heterocycles. The zero-order valence-electron chi connectivity index (χ0n) is 14.1. The second-order valence-corrected chi connectivity index (χ2v) is 6.53. The highest BCUT2D eigenvalue weighted by molar-refractivity contribution is 5.71. The summed E-state index contributed by atoms with van der Waals surface area (Å²) < 4.78 is 5.36. The maximum absolute atomic E-state index is 10.5. The zero-order valence-corrected chi connectivity index (χ0v) is 14.1. The van der Waals surface area contributed by atoms with Crippen LogP contribution < -0.4 is 4.90 Å². The normalized spacial score (nSPS) is 19.7. The molecule has 1 N–H and O–H groups in total. The van der Waals surface area contributed by atoms with E-state index in [0.29, 0.717) is 17.8 Å². The molecule has 0 aliphatic carbocycles. The van der Waals surface area contributed by atoms with Crippen molar-refractivity contribution in [1.82, 2.24) is 15.0 Å². The Morgan fingerprint density at radius 2 is 2.08 bits per heavy atom. The summed E-state index contributed by atoms with van der Waals surface area (Å²) in [5, 5.41) is 10.5. The number of nitrogens with zero attached hydrogens (tertiary/aromatic N) is 4. The quantitative estimate of drug-likeness (QED) is 0.785. The van der Waals surface area contributed by atoms with Crippen molar-refractivity contribution in [2.75, 3.05) is 11.4 Å². The van der Waals surface area contributed by atoms with Gasteiger partial charge in [-0.05, 0) is 37.1 Å². The SMILES string of the molecule is OC(CC1CCCCCN1c1ccc2nccnc2n1)c1ccco1. The molecule has 1 fully saturated rings. The minimum atomic E-state index is -0.596. The minimum Gasteiger partial charge on any atom is -0.467 e. The van der Waals surface area contributed by atoms with Crippen LogP contribution in [0.2, 0.25) is 0 Å². The molecule has 25 heavy (non-hydrogen) atoms. The second-order valence-electron chi connectivity index (χ2n) is 6.53. The van der Waals surface area contributed by atoms with E-state index in [9.17, 15) is 5.11 Å². The van der Waals surface area contributed by atoms with Crippen molar-refractivity contribution in [2.45, 2.75) is 44.2 Å². The van der Waals surface area contributed by atoms with Crippen LogP contribution in [-0.2, 0) is 0 Å². The standard InChI is InChI=1S/C19H22N4O2/c24-16(17-6-4-12-25-17)13-14-5-2-1-3-11-23(14)18-8-7-15-19(22-18)21-10-9-20-15/h4,6-10,12,14,16,24H,1-3,5,11,13H2. The molecule has 1 saturated heterocycles.